The number of nitrogens with zero attached hydrogens (tertiary/aromatic N) is 2. The van der Waals surface area contributed by atoms with Crippen LogP contribution in [-0.2, 0) is 27.0 Å². The molecule has 2 aromatic rings. The highest BCUT2D eigenvalue weighted by atomic mass is 32.2. The van der Waals surface area contributed by atoms with Gasteiger partial charge in [-0.2, -0.15) is 0 Å². The minimum Gasteiger partial charge on any atom is -0.312 e. The Morgan fingerprint density at radius 1 is 1.00 bits per heavy atom. The molecule has 1 saturated heterocycles. The van der Waals surface area contributed by atoms with Gasteiger partial charge in [0.2, 0.25) is 15.9 Å². The normalized spacial score (nSPS) is 18.4. The van der Waals surface area contributed by atoms with Gasteiger partial charge in [0, 0.05) is 31.2 Å². The van der Waals surface area contributed by atoms with Crippen molar-refractivity contribution in [2.24, 2.45) is 5.92 Å². The zero-order valence-electron chi connectivity index (χ0n) is 16.9. The lowest BCUT2D eigenvalue weighted by Gasteiger charge is -2.36. The third-order valence-electron chi connectivity index (χ3n) is 6.04. The molecule has 0 spiro atoms. The maximum absolute atomic E-state index is 13.2. The van der Waals surface area contributed by atoms with Crippen LogP contribution in [0.4, 0.5) is 5.69 Å². The topological polar surface area (TPSA) is 57.7 Å². The van der Waals surface area contributed by atoms with Crippen LogP contribution >= 0.6 is 0 Å². The SMILES string of the molecule is Cc1ccc(CS(=O)(=O)N2CCC(C(=O)N3CCCc4ccccc43)CC2)cc1. The molecule has 0 aliphatic carbocycles. The maximum atomic E-state index is 13.2. The number of hydrogen-bond donors (Lipinski definition) is 0. The zero-order chi connectivity index (χ0) is 20.4. The van der Waals surface area contributed by atoms with E-state index in [2.05, 4.69) is 6.07 Å². The van der Waals surface area contributed by atoms with Gasteiger partial charge < -0.3 is 4.90 Å². The fraction of sp³-hybridized carbons (Fsp3) is 0.435. The number of aryl methyl sites for hydroxylation is 2. The van der Waals surface area contributed by atoms with Crippen LogP contribution in [-0.4, -0.2) is 38.3 Å². The summed E-state index contributed by atoms with van der Waals surface area (Å²) in [4.78, 5) is 15.1. The van der Waals surface area contributed by atoms with Crippen molar-refractivity contribution in [2.45, 2.75) is 38.4 Å². The molecule has 154 valence electrons. The monoisotopic (exact) mass is 412 g/mol. The second-order valence-electron chi connectivity index (χ2n) is 8.14. The molecule has 0 atom stereocenters. The van der Waals surface area contributed by atoms with Gasteiger partial charge in [-0.25, -0.2) is 12.7 Å². The zero-order valence-corrected chi connectivity index (χ0v) is 17.7. The highest BCUT2D eigenvalue weighted by Gasteiger charge is 2.34. The summed E-state index contributed by atoms with van der Waals surface area (Å²) in [5, 5.41) is 0. The number of anilines is 1. The van der Waals surface area contributed by atoms with Crippen molar-refractivity contribution in [1.29, 1.82) is 0 Å². The predicted octanol–water partition coefficient (Wildman–Crippen LogP) is 3.52. The van der Waals surface area contributed by atoms with E-state index in [1.807, 2.05) is 54.3 Å². The Morgan fingerprint density at radius 2 is 1.69 bits per heavy atom. The van der Waals surface area contributed by atoms with Gasteiger partial charge in [0.25, 0.3) is 0 Å². The predicted molar refractivity (Wildman–Crippen MR) is 115 cm³/mol. The second kappa shape index (κ2) is 8.28. The van der Waals surface area contributed by atoms with Crippen molar-refractivity contribution in [3.63, 3.8) is 0 Å². The van der Waals surface area contributed by atoms with Crippen molar-refractivity contribution in [3.8, 4) is 0 Å². The summed E-state index contributed by atoms with van der Waals surface area (Å²) in [5.74, 6) is 0.0606. The Bertz CT molecular complexity index is 977. The number of carbonyl (C=O) groups is 1. The summed E-state index contributed by atoms with van der Waals surface area (Å²) in [7, 11) is -3.36. The minimum atomic E-state index is -3.36. The van der Waals surface area contributed by atoms with Gasteiger partial charge in [0.15, 0.2) is 0 Å². The summed E-state index contributed by atoms with van der Waals surface area (Å²) in [6, 6.07) is 15.7. The molecule has 2 heterocycles. The van der Waals surface area contributed by atoms with Crippen LogP contribution in [0.15, 0.2) is 48.5 Å². The van der Waals surface area contributed by atoms with E-state index in [-0.39, 0.29) is 17.6 Å². The molecule has 0 N–H and O–H groups in total. The maximum Gasteiger partial charge on any atom is 0.230 e. The quantitative estimate of drug-likeness (QED) is 0.772. The van der Waals surface area contributed by atoms with Gasteiger partial charge in [-0.15, -0.1) is 0 Å². The fourth-order valence-electron chi connectivity index (χ4n) is 4.35. The first-order valence-electron chi connectivity index (χ1n) is 10.4. The van der Waals surface area contributed by atoms with Crippen LogP contribution in [0.3, 0.4) is 0 Å². The van der Waals surface area contributed by atoms with Crippen LogP contribution in [0.25, 0.3) is 0 Å². The molecule has 5 nitrogen and oxygen atoms in total. The molecule has 6 heteroatoms. The van der Waals surface area contributed by atoms with Crippen molar-refractivity contribution >= 4 is 21.6 Å². The lowest BCUT2D eigenvalue weighted by atomic mass is 9.94. The summed E-state index contributed by atoms with van der Waals surface area (Å²) in [6.45, 7) is 3.57. The van der Waals surface area contributed by atoms with Gasteiger partial charge >= 0.3 is 0 Å². The molecule has 1 fully saturated rings. The molecule has 2 aliphatic heterocycles. The van der Waals surface area contributed by atoms with Crippen LogP contribution < -0.4 is 4.90 Å². The van der Waals surface area contributed by atoms with Crippen LogP contribution in [0, 0.1) is 12.8 Å². The molecule has 0 bridgehead atoms. The summed E-state index contributed by atoms with van der Waals surface area (Å²) in [5.41, 5.74) is 4.17. The first-order chi connectivity index (χ1) is 13.9. The highest BCUT2D eigenvalue weighted by Crippen LogP contribution is 2.31. The van der Waals surface area contributed by atoms with Gasteiger partial charge in [-0.05, 0) is 49.8 Å². The lowest BCUT2D eigenvalue weighted by Crippen LogP contribution is -2.46. The molecule has 4 rings (SSSR count). The van der Waals surface area contributed by atoms with E-state index in [1.165, 1.54) is 5.56 Å². The number of fused-ring (bicyclic) bond motifs is 1. The van der Waals surface area contributed by atoms with E-state index < -0.39 is 10.0 Å². The molecule has 2 aromatic carbocycles. The van der Waals surface area contributed by atoms with Gasteiger partial charge in [0.1, 0.15) is 0 Å². The molecule has 29 heavy (non-hydrogen) atoms. The van der Waals surface area contributed by atoms with Crippen molar-refractivity contribution < 1.29 is 13.2 Å². The van der Waals surface area contributed by atoms with E-state index in [9.17, 15) is 13.2 Å². The third-order valence-corrected chi connectivity index (χ3v) is 7.89. The summed E-state index contributed by atoms with van der Waals surface area (Å²) >= 11 is 0. The second-order valence-corrected chi connectivity index (χ2v) is 10.1. The van der Waals surface area contributed by atoms with Crippen molar-refractivity contribution in [1.82, 2.24) is 4.31 Å². The number of rotatable bonds is 4. The Balaban J connectivity index is 1.39. The molecule has 2 aliphatic rings. The average Bonchev–Trinajstić information content (AvgIpc) is 2.74. The van der Waals surface area contributed by atoms with Crippen LogP contribution in [0.5, 0.6) is 0 Å². The molecule has 0 aromatic heterocycles. The first-order valence-corrected chi connectivity index (χ1v) is 12.0. The third kappa shape index (κ3) is 4.38. The molecule has 0 saturated carbocycles. The molecule has 0 radical (unpaired) electrons. The number of piperidine rings is 1. The van der Waals surface area contributed by atoms with E-state index in [0.717, 1.165) is 36.2 Å². The van der Waals surface area contributed by atoms with E-state index in [1.54, 1.807) is 4.31 Å². The standard InChI is InChI=1S/C23H28N2O3S/c1-18-8-10-19(11-9-18)17-29(27,28)24-15-12-21(13-16-24)23(26)25-14-4-6-20-5-2-3-7-22(20)25/h2-3,5,7-11,21H,4,6,12-17H2,1H3. The lowest BCUT2D eigenvalue weighted by molar-refractivity contribution is -0.123. The van der Waals surface area contributed by atoms with Crippen molar-refractivity contribution in [2.75, 3.05) is 24.5 Å². The first kappa shape index (κ1) is 20.1. The number of benzene rings is 2. The van der Waals surface area contributed by atoms with E-state index >= 15 is 0 Å². The van der Waals surface area contributed by atoms with Crippen LogP contribution in [0.1, 0.15) is 36.0 Å². The Labute approximate surface area is 173 Å². The fourth-order valence-corrected chi connectivity index (χ4v) is 5.91. The van der Waals surface area contributed by atoms with E-state index in [0.29, 0.717) is 25.9 Å². The van der Waals surface area contributed by atoms with E-state index in [4.69, 9.17) is 0 Å². The largest absolute Gasteiger partial charge is 0.312 e. The van der Waals surface area contributed by atoms with Crippen LogP contribution in [0.2, 0.25) is 0 Å². The smallest absolute Gasteiger partial charge is 0.230 e. The van der Waals surface area contributed by atoms with Gasteiger partial charge in [0.05, 0.1) is 5.75 Å². The highest BCUT2D eigenvalue weighted by molar-refractivity contribution is 7.88. The molecular formula is C23H28N2O3S. The summed E-state index contributed by atoms with van der Waals surface area (Å²) in [6.07, 6.45) is 3.16. The number of para-hydroxylation sites is 1. The number of sulfonamides is 1. The average molecular weight is 413 g/mol. The number of amides is 1. The van der Waals surface area contributed by atoms with Crippen molar-refractivity contribution in [3.05, 3.63) is 65.2 Å². The Morgan fingerprint density at radius 3 is 2.41 bits per heavy atom. The Hall–Kier alpha value is -2.18. The van der Waals surface area contributed by atoms with Gasteiger partial charge in [-0.3, -0.25) is 4.79 Å². The number of hydrogen-bond acceptors (Lipinski definition) is 3. The molecule has 0 unspecified atom stereocenters. The molecular weight excluding hydrogens is 384 g/mol. The Kier molecular flexibility index (Phi) is 5.74. The minimum absolute atomic E-state index is 0.0192. The number of carbonyl (C=O) groups excluding carboxylic acids is 1. The van der Waals surface area contributed by atoms with Gasteiger partial charge in [-0.1, -0.05) is 48.0 Å². The molecule has 1 amide bonds. The summed E-state index contributed by atoms with van der Waals surface area (Å²) < 4.78 is 27.2.